The van der Waals surface area contributed by atoms with Crippen molar-refractivity contribution in [1.29, 1.82) is 0 Å². The van der Waals surface area contributed by atoms with Crippen LogP contribution in [0.25, 0.3) is 0 Å². The third kappa shape index (κ3) is 1.92. The molecule has 0 aliphatic heterocycles. The quantitative estimate of drug-likeness (QED) is 0.893. The smallest absolute Gasteiger partial charge is 0.160 e. The van der Waals surface area contributed by atoms with E-state index >= 15 is 0 Å². The van der Waals surface area contributed by atoms with Gasteiger partial charge >= 0.3 is 0 Å². The molecule has 0 amide bonds. The second-order valence-electron chi connectivity index (χ2n) is 4.31. The fourth-order valence-electron chi connectivity index (χ4n) is 2.14. The van der Waals surface area contributed by atoms with Crippen LogP contribution in [-0.4, -0.2) is 25.8 Å². The lowest BCUT2D eigenvalue weighted by Gasteiger charge is -2.18. The molecule has 2 rings (SSSR count). The molecule has 0 saturated heterocycles. The molecule has 0 aromatic heterocycles. The molecule has 0 unspecified atom stereocenters. The van der Waals surface area contributed by atoms with E-state index in [1.165, 1.54) is 18.4 Å². The number of methoxy groups -OCH3 is 1. The van der Waals surface area contributed by atoms with E-state index in [0.29, 0.717) is 5.75 Å². The molecule has 0 bridgehead atoms. The molecule has 2 N–H and O–H groups in total. The van der Waals surface area contributed by atoms with Crippen LogP contribution >= 0.6 is 15.9 Å². The second kappa shape index (κ2) is 4.26. The summed E-state index contributed by atoms with van der Waals surface area (Å²) in [6, 6.07) is 3.65. The Hall–Kier alpha value is -0.740. The number of rotatable bonds is 4. The molecule has 4 heteroatoms. The van der Waals surface area contributed by atoms with E-state index in [-0.39, 0.29) is 11.2 Å². The van der Waals surface area contributed by atoms with Crippen molar-refractivity contribution < 1.29 is 9.84 Å². The van der Waals surface area contributed by atoms with Gasteiger partial charge in [0.1, 0.15) is 0 Å². The minimum absolute atomic E-state index is 0.179. The molecule has 3 nitrogen and oxygen atoms in total. The Labute approximate surface area is 104 Å². The van der Waals surface area contributed by atoms with Gasteiger partial charge in [0.25, 0.3) is 0 Å². The Kier molecular flexibility index (Phi) is 3.13. The van der Waals surface area contributed by atoms with Gasteiger partial charge in [0.15, 0.2) is 11.5 Å². The van der Waals surface area contributed by atoms with Gasteiger partial charge in [-0.3, -0.25) is 0 Å². The molecule has 1 fully saturated rings. The van der Waals surface area contributed by atoms with Crippen molar-refractivity contribution in [3.05, 3.63) is 22.2 Å². The van der Waals surface area contributed by atoms with E-state index in [1.54, 1.807) is 13.2 Å². The average molecular weight is 286 g/mol. The van der Waals surface area contributed by atoms with E-state index in [0.717, 1.165) is 11.0 Å². The van der Waals surface area contributed by atoms with Crippen molar-refractivity contribution in [2.75, 3.05) is 20.7 Å². The highest BCUT2D eigenvalue weighted by atomic mass is 79.9. The van der Waals surface area contributed by atoms with Gasteiger partial charge in [-0.2, -0.15) is 0 Å². The zero-order valence-corrected chi connectivity index (χ0v) is 11.1. The second-order valence-corrected chi connectivity index (χ2v) is 5.17. The third-order valence-corrected chi connectivity index (χ3v) is 3.86. The Morgan fingerprint density at radius 2 is 2.19 bits per heavy atom. The lowest BCUT2D eigenvalue weighted by molar-refractivity contribution is 0.372. The Bertz CT molecular complexity index is 402. The highest BCUT2D eigenvalue weighted by molar-refractivity contribution is 9.10. The molecule has 1 saturated carbocycles. The van der Waals surface area contributed by atoms with Crippen LogP contribution in [0.4, 0.5) is 0 Å². The van der Waals surface area contributed by atoms with Crippen LogP contribution in [-0.2, 0) is 5.41 Å². The Morgan fingerprint density at radius 3 is 2.69 bits per heavy atom. The van der Waals surface area contributed by atoms with Crippen LogP contribution < -0.4 is 10.1 Å². The highest BCUT2D eigenvalue weighted by Crippen LogP contribution is 2.51. The van der Waals surface area contributed by atoms with Crippen LogP contribution in [0.1, 0.15) is 18.4 Å². The first-order chi connectivity index (χ1) is 7.63. The van der Waals surface area contributed by atoms with E-state index in [2.05, 4.69) is 21.2 Å². The molecule has 1 aromatic rings. The van der Waals surface area contributed by atoms with Gasteiger partial charge in [0.2, 0.25) is 0 Å². The van der Waals surface area contributed by atoms with E-state index in [9.17, 15) is 5.11 Å². The van der Waals surface area contributed by atoms with Crippen molar-refractivity contribution in [1.82, 2.24) is 5.32 Å². The predicted molar refractivity (Wildman–Crippen MR) is 67.2 cm³/mol. The fraction of sp³-hybridized carbons (Fsp3) is 0.500. The molecular formula is C12H16BrNO2. The number of hydrogen-bond donors (Lipinski definition) is 2. The number of phenols is 1. The topological polar surface area (TPSA) is 41.5 Å². The van der Waals surface area contributed by atoms with Gasteiger partial charge in [-0.25, -0.2) is 0 Å². The van der Waals surface area contributed by atoms with Crippen LogP contribution in [0.3, 0.4) is 0 Å². The predicted octanol–water partition coefficient (Wildman–Crippen LogP) is 2.41. The first-order valence-corrected chi connectivity index (χ1v) is 6.14. The lowest BCUT2D eigenvalue weighted by Crippen LogP contribution is -2.23. The molecule has 0 atom stereocenters. The zero-order chi connectivity index (χ0) is 11.8. The average Bonchev–Trinajstić information content (AvgIpc) is 2.99. The summed E-state index contributed by atoms with van der Waals surface area (Å²) in [6.07, 6.45) is 2.36. The lowest BCUT2D eigenvalue weighted by atomic mass is 9.95. The van der Waals surface area contributed by atoms with E-state index < -0.39 is 0 Å². The summed E-state index contributed by atoms with van der Waals surface area (Å²) < 4.78 is 6.11. The maximum absolute atomic E-state index is 9.66. The van der Waals surface area contributed by atoms with Gasteiger partial charge in [-0.15, -0.1) is 0 Å². The summed E-state index contributed by atoms with van der Waals surface area (Å²) in [5, 5.41) is 12.9. The summed E-state index contributed by atoms with van der Waals surface area (Å²) in [4.78, 5) is 0. The molecule has 1 aliphatic rings. The molecule has 0 spiro atoms. The van der Waals surface area contributed by atoms with Gasteiger partial charge in [0, 0.05) is 16.4 Å². The fourth-order valence-corrected chi connectivity index (χ4v) is 2.90. The number of benzene rings is 1. The standard InChI is InChI=1S/C12H16BrNO2/c1-14-7-12(3-4-12)8-5-11(16-2)10(15)6-9(8)13/h5-6,14-15H,3-4,7H2,1-2H3. The number of aromatic hydroxyl groups is 1. The maximum atomic E-state index is 9.66. The number of hydrogen-bond acceptors (Lipinski definition) is 3. The summed E-state index contributed by atoms with van der Waals surface area (Å²) >= 11 is 3.51. The molecular weight excluding hydrogens is 270 g/mol. The highest BCUT2D eigenvalue weighted by Gasteiger charge is 2.45. The monoisotopic (exact) mass is 285 g/mol. The van der Waals surface area contributed by atoms with Crippen LogP contribution in [0.2, 0.25) is 0 Å². The maximum Gasteiger partial charge on any atom is 0.160 e. The van der Waals surface area contributed by atoms with E-state index in [4.69, 9.17) is 4.74 Å². The number of likely N-dealkylation sites (N-methyl/N-ethyl adjacent to an activating group) is 1. The Balaban J connectivity index is 2.41. The minimum Gasteiger partial charge on any atom is -0.504 e. The number of halogens is 1. The molecule has 1 aliphatic carbocycles. The summed E-state index contributed by atoms with van der Waals surface area (Å²) in [5.41, 5.74) is 1.44. The van der Waals surface area contributed by atoms with Crippen LogP contribution in [0.5, 0.6) is 11.5 Å². The van der Waals surface area contributed by atoms with Crippen molar-refractivity contribution in [2.24, 2.45) is 0 Å². The van der Waals surface area contributed by atoms with Gasteiger partial charge in [-0.1, -0.05) is 15.9 Å². The summed E-state index contributed by atoms with van der Waals surface area (Å²) in [7, 11) is 3.54. The van der Waals surface area contributed by atoms with Crippen LogP contribution in [0.15, 0.2) is 16.6 Å². The SMILES string of the molecule is CNCC1(c2cc(OC)c(O)cc2Br)CC1. The summed E-state index contributed by atoms with van der Waals surface area (Å²) in [6.45, 7) is 0.958. The van der Waals surface area contributed by atoms with Crippen molar-refractivity contribution in [2.45, 2.75) is 18.3 Å². The summed E-state index contributed by atoms with van der Waals surface area (Å²) in [5.74, 6) is 0.721. The Morgan fingerprint density at radius 1 is 1.50 bits per heavy atom. The number of nitrogens with one attached hydrogen (secondary N) is 1. The largest absolute Gasteiger partial charge is 0.504 e. The number of phenolic OH excluding ortho intramolecular Hbond substituents is 1. The molecule has 16 heavy (non-hydrogen) atoms. The first-order valence-electron chi connectivity index (χ1n) is 5.34. The van der Waals surface area contributed by atoms with E-state index in [1.807, 2.05) is 13.1 Å². The van der Waals surface area contributed by atoms with Gasteiger partial charge in [-0.05, 0) is 37.6 Å². The van der Waals surface area contributed by atoms with Crippen molar-refractivity contribution in [3.8, 4) is 11.5 Å². The molecule has 1 aromatic carbocycles. The minimum atomic E-state index is 0.179. The van der Waals surface area contributed by atoms with Crippen molar-refractivity contribution in [3.63, 3.8) is 0 Å². The zero-order valence-electron chi connectivity index (χ0n) is 9.51. The first kappa shape index (κ1) is 11.7. The normalized spacial score (nSPS) is 17.2. The molecule has 88 valence electrons. The van der Waals surface area contributed by atoms with Gasteiger partial charge < -0.3 is 15.2 Å². The molecule has 0 radical (unpaired) electrons. The van der Waals surface area contributed by atoms with Gasteiger partial charge in [0.05, 0.1) is 7.11 Å². The van der Waals surface area contributed by atoms with Crippen molar-refractivity contribution >= 4 is 15.9 Å². The number of ether oxygens (including phenoxy) is 1. The molecule has 0 heterocycles. The third-order valence-electron chi connectivity index (χ3n) is 3.21. The van der Waals surface area contributed by atoms with Crippen LogP contribution in [0, 0.1) is 0 Å².